The lowest BCUT2D eigenvalue weighted by Gasteiger charge is -2.30. The van der Waals surface area contributed by atoms with Gasteiger partial charge in [-0.05, 0) is 50.8 Å². The quantitative estimate of drug-likeness (QED) is 0.780. The number of benzene rings is 1. The minimum Gasteiger partial charge on any atom is -0.508 e. The summed E-state index contributed by atoms with van der Waals surface area (Å²) in [6.07, 6.45) is 4.37. The van der Waals surface area contributed by atoms with Gasteiger partial charge >= 0.3 is 0 Å². The van der Waals surface area contributed by atoms with E-state index in [4.69, 9.17) is 10.5 Å². The number of nitrogens with two attached hydrogens (primary N) is 1. The number of rotatable bonds is 4. The van der Waals surface area contributed by atoms with Crippen LogP contribution in [0.25, 0.3) is 0 Å². The van der Waals surface area contributed by atoms with E-state index in [0.717, 1.165) is 37.0 Å². The number of nitrogens with one attached hydrogen (secondary N) is 1. The number of hydrogen-bond donors (Lipinski definition) is 3. The molecule has 0 heterocycles. The minimum absolute atomic E-state index is 0.106. The normalized spacial score (nSPS) is 25.0. The fourth-order valence-corrected chi connectivity index (χ4v) is 2.74. The molecule has 19 heavy (non-hydrogen) atoms. The van der Waals surface area contributed by atoms with Crippen molar-refractivity contribution in [2.24, 2.45) is 5.73 Å². The SMILES string of the molecule is COc1ccc(O)c(C(C)NC2CCC(N)CC2)c1. The number of ether oxygens (including phenoxy) is 1. The predicted molar refractivity (Wildman–Crippen MR) is 76.4 cm³/mol. The zero-order valence-corrected chi connectivity index (χ0v) is 11.7. The zero-order chi connectivity index (χ0) is 13.8. The Labute approximate surface area is 115 Å². The second kappa shape index (κ2) is 6.26. The van der Waals surface area contributed by atoms with E-state index in [0.29, 0.717) is 17.8 Å². The first-order chi connectivity index (χ1) is 9.10. The van der Waals surface area contributed by atoms with Crippen LogP contribution in [0.2, 0.25) is 0 Å². The maximum Gasteiger partial charge on any atom is 0.120 e. The van der Waals surface area contributed by atoms with E-state index < -0.39 is 0 Å². The van der Waals surface area contributed by atoms with Gasteiger partial charge in [-0.25, -0.2) is 0 Å². The van der Waals surface area contributed by atoms with Gasteiger partial charge in [0.25, 0.3) is 0 Å². The van der Waals surface area contributed by atoms with Gasteiger partial charge in [0.05, 0.1) is 7.11 Å². The van der Waals surface area contributed by atoms with E-state index in [1.165, 1.54) is 0 Å². The fraction of sp³-hybridized carbons (Fsp3) is 0.600. The first-order valence-electron chi connectivity index (χ1n) is 6.98. The Morgan fingerprint density at radius 1 is 1.32 bits per heavy atom. The van der Waals surface area contributed by atoms with Crippen LogP contribution in [0.1, 0.15) is 44.2 Å². The lowest BCUT2D eigenvalue weighted by molar-refractivity contribution is 0.318. The lowest BCUT2D eigenvalue weighted by Crippen LogP contribution is -2.38. The molecule has 1 aliphatic carbocycles. The van der Waals surface area contributed by atoms with E-state index in [-0.39, 0.29) is 6.04 Å². The van der Waals surface area contributed by atoms with E-state index in [1.807, 2.05) is 6.07 Å². The molecule has 4 nitrogen and oxygen atoms in total. The topological polar surface area (TPSA) is 67.5 Å². The largest absolute Gasteiger partial charge is 0.508 e. The molecular formula is C15H24N2O2. The van der Waals surface area contributed by atoms with Crippen molar-refractivity contribution in [3.8, 4) is 11.5 Å². The van der Waals surface area contributed by atoms with Crippen LogP contribution in [0.4, 0.5) is 0 Å². The highest BCUT2D eigenvalue weighted by Crippen LogP contribution is 2.29. The second-order valence-electron chi connectivity index (χ2n) is 5.42. The van der Waals surface area contributed by atoms with Crippen LogP contribution < -0.4 is 15.8 Å². The molecular weight excluding hydrogens is 240 g/mol. The number of aromatic hydroxyl groups is 1. The Balaban J connectivity index is 2.01. The van der Waals surface area contributed by atoms with Gasteiger partial charge in [0.2, 0.25) is 0 Å². The average Bonchev–Trinajstić information content (AvgIpc) is 2.42. The molecule has 0 saturated heterocycles. The maximum absolute atomic E-state index is 9.96. The van der Waals surface area contributed by atoms with E-state index in [1.54, 1.807) is 19.2 Å². The molecule has 0 spiro atoms. The molecule has 0 amide bonds. The molecule has 4 heteroatoms. The first-order valence-corrected chi connectivity index (χ1v) is 6.98. The maximum atomic E-state index is 9.96. The van der Waals surface area contributed by atoms with Crippen molar-refractivity contribution >= 4 is 0 Å². The Morgan fingerprint density at radius 3 is 2.63 bits per heavy atom. The van der Waals surface area contributed by atoms with Gasteiger partial charge in [-0.3, -0.25) is 0 Å². The molecule has 1 aromatic carbocycles. The molecule has 0 aliphatic heterocycles. The van der Waals surface area contributed by atoms with Crippen molar-refractivity contribution < 1.29 is 9.84 Å². The Bertz CT molecular complexity index is 415. The minimum atomic E-state index is 0.106. The summed E-state index contributed by atoms with van der Waals surface area (Å²) in [5.41, 5.74) is 6.80. The van der Waals surface area contributed by atoms with Crippen molar-refractivity contribution in [1.29, 1.82) is 0 Å². The number of hydrogen-bond acceptors (Lipinski definition) is 4. The smallest absolute Gasteiger partial charge is 0.120 e. The van der Waals surface area contributed by atoms with Crippen LogP contribution in [0.15, 0.2) is 18.2 Å². The van der Waals surface area contributed by atoms with Gasteiger partial charge in [-0.1, -0.05) is 0 Å². The summed E-state index contributed by atoms with van der Waals surface area (Å²) in [6.45, 7) is 2.07. The molecule has 1 unspecified atom stereocenters. The highest BCUT2D eigenvalue weighted by Gasteiger charge is 2.21. The molecule has 1 atom stereocenters. The Kier molecular flexibility index (Phi) is 4.66. The van der Waals surface area contributed by atoms with Gasteiger partial charge in [0.15, 0.2) is 0 Å². The van der Waals surface area contributed by atoms with Crippen LogP contribution >= 0.6 is 0 Å². The number of methoxy groups -OCH3 is 1. The van der Waals surface area contributed by atoms with E-state index >= 15 is 0 Å². The molecule has 1 saturated carbocycles. The van der Waals surface area contributed by atoms with Crippen molar-refractivity contribution in [1.82, 2.24) is 5.32 Å². The van der Waals surface area contributed by atoms with Crippen LogP contribution in [0, 0.1) is 0 Å². The van der Waals surface area contributed by atoms with Crippen LogP contribution in [0.3, 0.4) is 0 Å². The van der Waals surface area contributed by atoms with Crippen molar-refractivity contribution in [3.63, 3.8) is 0 Å². The molecule has 1 aliphatic rings. The molecule has 2 rings (SSSR count). The first kappa shape index (κ1) is 14.2. The second-order valence-corrected chi connectivity index (χ2v) is 5.42. The molecule has 0 bridgehead atoms. The monoisotopic (exact) mass is 264 g/mol. The summed E-state index contributed by atoms with van der Waals surface area (Å²) in [4.78, 5) is 0. The van der Waals surface area contributed by atoms with Crippen molar-refractivity contribution in [2.45, 2.75) is 50.7 Å². The molecule has 0 aromatic heterocycles. The zero-order valence-electron chi connectivity index (χ0n) is 11.7. The Morgan fingerprint density at radius 2 is 2.00 bits per heavy atom. The van der Waals surface area contributed by atoms with Crippen LogP contribution in [0.5, 0.6) is 11.5 Å². The van der Waals surface area contributed by atoms with Gasteiger partial charge < -0.3 is 20.9 Å². The number of phenols is 1. The molecule has 106 valence electrons. The number of phenolic OH excluding ortho intramolecular Hbond substituents is 1. The van der Waals surface area contributed by atoms with Gasteiger partial charge in [-0.15, -0.1) is 0 Å². The standard InChI is InChI=1S/C15H24N2O2/c1-10(17-12-5-3-11(16)4-6-12)14-9-13(19-2)7-8-15(14)18/h7-12,17-18H,3-6,16H2,1-2H3. The van der Waals surface area contributed by atoms with Crippen molar-refractivity contribution in [3.05, 3.63) is 23.8 Å². The van der Waals surface area contributed by atoms with Gasteiger partial charge in [-0.2, -0.15) is 0 Å². The van der Waals surface area contributed by atoms with E-state index in [2.05, 4.69) is 12.2 Å². The van der Waals surface area contributed by atoms with Crippen LogP contribution in [-0.4, -0.2) is 24.3 Å². The van der Waals surface area contributed by atoms with Gasteiger partial charge in [0, 0.05) is 23.7 Å². The Hall–Kier alpha value is -1.26. The van der Waals surface area contributed by atoms with Crippen molar-refractivity contribution in [2.75, 3.05) is 7.11 Å². The molecule has 1 fully saturated rings. The third kappa shape index (κ3) is 3.61. The summed E-state index contributed by atoms with van der Waals surface area (Å²) in [6, 6.07) is 6.30. The average molecular weight is 264 g/mol. The summed E-state index contributed by atoms with van der Waals surface area (Å²) in [5, 5.41) is 13.5. The molecule has 1 aromatic rings. The molecule has 4 N–H and O–H groups in total. The summed E-state index contributed by atoms with van der Waals surface area (Å²) < 4.78 is 5.21. The highest BCUT2D eigenvalue weighted by molar-refractivity contribution is 5.41. The highest BCUT2D eigenvalue weighted by atomic mass is 16.5. The third-order valence-electron chi connectivity index (χ3n) is 3.96. The fourth-order valence-electron chi connectivity index (χ4n) is 2.74. The summed E-state index contributed by atoms with van der Waals surface area (Å²) >= 11 is 0. The van der Waals surface area contributed by atoms with Gasteiger partial charge in [0.1, 0.15) is 11.5 Å². The lowest BCUT2D eigenvalue weighted by atomic mass is 9.91. The summed E-state index contributed by atoms with van der Waals surface area (Å²) in [5.74, 6) is 1.08. The predicted octanol–water partition coefficient (Wildman–Crippen LogP) is 2.32. The summed E-state index contributed by atoms with van der Waals surface area (Å²) in [7, 11) is 1.64. The third-order valence-corrected chi connectivity index (χ3v) is 3.96. The van der Waals surface area contributed by atoms with E-state index in [9.17, 15) is 5.11 Å². The molecule has 0 radical (unpaired) electrons. The van der Waals surface area contributed by atoms with Crippen LogP contribution in [-0.2, 0) is 0 Å².